The van der Waals surface area contributed by atoms with Crippen LogP contribution < -0.4 is 19.6 Å². The Morgan fingerprint density at radius 2 is 1.34 bits per heavy atom. The van der Waals surface area contributed by atoms with E-state index in [1.165, 1.54) is 48.7 Å². The number of nitrogens with zero attached hydrogens (tertiary/aromatic N) is 1. The number of hydrazone groups is 1. The highest BCUT2D eigenvalue weighted by Crippen LogP contribution is 2.31. The second-order valence-electron chi connectivity index (χ2n) is 8.13. The standard InChI is InChI=1S/C29H18Cl4N2O6/c30-20-9-4-17(5-10-20)28(37)40-22-13-8-19(25(14-22)41-29(38)18-6-11-21(31)12-7-18)15-34-35-26(36)16-39-24-3-1-2-23(32)27(24)33/h1-15H,16H2,(H,35,36)/b34-15-. The molecule has 0 aliphatic heterocycles. The van der Waals surface area contributed by atoms with Crippen LogP contribution in [0.15, 0.2) is 90.0 Å². The maximum Gasteiger partial charge on any atom is 0.343 e. The van der Waals surface area contributed by atoms with Gasteiger partial charge in [-0.3, -0.25) is 4.79 Å². The number of esters is 2. The molecule has 0 aliphatic carbocycles. The van der Waals surface area contributed by atoms with Gasteiger partial charge in [-0.1, -0.05) is 52.5 Å². The Labute approximate surface area is 254 Å². The Morgan fingerprint density at radius 1 is 0.732 bits per heavy atom. The molecule has 4 aromatic rings. The lowest BCUT2D eigenvalue weighted by atomic mass is 10.2. The highest BCUT2D eigenvalue weighted by atomic mass is 35.5. The van der Waals surface area contributed by atoms with Crippen LogP contribution in [0.3, 0.4) is 0 Å². The maximum atomic E-state index is 12.8. The SMILES string of the molecule is O=C(COc1cccc(Cl)c1Cl)N/N=C\c1ccc(OC(=O)c2ccc(Cl)cc2)cc1OC(=O)c1ccc(Cl)cc1. The summed E-state index contributed by atoms with van der Waals surface area (Å²) in [6.45, 7) is -0.393. The quantitative estimate of drug-likeness (QED) is 0.0902. The van der Waals surface area contributed by atoms with E-state index >= 15 is 0 Å². The first-order chi connectivity index (χ1) is 19.7. The van der Waals surface area contributed by atoms with E-state index in [1.54, 1.807) is 42.5 Å². The molecule has 0 spiro atoms. The minimum atomic E-state index is -0.701. The Hall–Kier alpha value is -4.08. The smallest absolute Gasteiger partial charge is 0.343 e. The molecule has 1 amide bonds. The second-order valence-corrected chi connectivity index (χ2v) is 9.78. The van der Waals surface area contributed by atoms with Gasteiger partial charge in [0.05, 0.1) is 22.4 Å². The summed E-state index contributed by atoms with van der Waals surface area (Å²) in [7, 11) is 0. The highest BCUT2D eigenvalue weighted by molar-refractivity contribution is 6.42. The third-order valence-electron chi connectivity index (χ3n) is 5.23. The molecular weight excluding hydrogens is 614 g/mol. The van der Waals surface area contributed by atoms with Crippen LogP contribution in [0.25, 0.3) is 0 Å². The molecule has 0 aliphatic rings. The first-order valence-corrected chi connectivity index (χ1v) is 13.2. The summed E-state index contributed by atoms with van der Waals surface area (Å²) in [4.78, 5) is 37.6. The number of hydrogen-bond acceptors (Lipinski definition) is 7. The normalized spacial score (nSPS) is 10.7. The van der Waals surface area contributed by atoms with Gasteiger partial charge in [-0.25, -0.2) is 15.0 Å². The molecule has 4 aromatic carbocycles. The first-order valence-electron chi connectivity index (χ1n) is 11.7. The molecule has 208 valence electrons. The number of benzene rings is 4. The van der Waals surface area contributed by atoms with Gasteiger partial charge in [-0.05, 0) is 72.8 Å². The van der Waals surface area contributed by atoms with Gasteiger partial charge >= 0.3 is 11.9 Å². The van der Waals surface area contributed by atoms with Crippen molar-refractivity contribution in [3.8, 4) is 17.2 Å². The van der Waals surface area contributed by atoms with Crippen molar-refractivity contribution >= 4 is 70.5 Å². The molecule has 0 aromatic heterocycles. The summed E-state index contributed by atoms with van der Waals surface area (Å²) >= 11 is 23.8. The van der Waals surface area contributed by atoms with Crippen LogP contribution >= 0.6 is 46.4 Å². The predicted molar refractivity (Wildman–Crippen MR) is 157 cm³/mol. The zero-order chi connectivity index (χ0) is 29.4. The third kappa shape index (κ3) is 8.45. The van der Waals surface area contributed by atoms with Crippen molar-refractivity contribution < 1.29 is 28.6 Å². The van der Waals surface area contributed by atoms with Gasteiger partial charge in [0.15, 0.2) is 6.61 Å². The molecule has 0 saturated carbocycles. The van der Waals surface area contributed by atoms with E-state index < -0.39 is 24.5 Å². The Morgan fingerprint density at radius 3 is 1.98 bits per heavy atom. The third-order valence-corrected chi connectivity index (χ3v) is 6.53. The number of nitrogens with one attached hydrogen (secondary N) is 1. The van der Waals surface area contributed by atoms with Gasteiger partial charge in [0.25, 0.3) is 5.91 Å². The fourth-order valence-electron chi connectivity index (χ4n) is 3.21. The van der Waals surface area contributed by atoms with E-state index in [4.69, 9.17) is 60.6 Å². The number of carbonyl (C=O) groups is 3. The van der Waals surface area contributed by atoms with Crippen LogP contribution in [0.4, 0.5) is 0 Å². The molecule has 8 nitrogen and oxygen atoms in total. The molecular formula is C29H18Cl4N2O6. The number of halogens is 4. The lowest BCUT2D eigenvalue weighted by molar-refractivity contribution is -0.123. The molecule has 0 unspecified atom stereocenters. The number of carbonyl (C=O) groups excluding carboxylic acids is 3. The monoisotopic (exact) mass is 630 g/mol. The molecule has 4 rings (SSSR count). The maximum absolute atomic E-state index is 12.8. The predicted octanol–water partition coefficient (Wildman–Crippen LogP) is 7.27. The van der Waals surface area contributed by atoms with Crippen molar-refractivity contribution in [3.05, 3.63) is 122 Å². The van der Waals surface area contributed by atoms with E-state index in [-0.39, 0.29) is 44.0 Å². The molecule has 0 bridgehead atoms. The fraction of sp³-hybridized carbons (Fsp3) is 0.0345. The molecule has 0 fully saturated rings. The van der Waals surface area contributed by atoms with Crippen LogP contribution in [0, 0.1) is 0 Å². The van der Waals surface area contributed by atoms with Gasteiger partial charge in [0.1, 0.15) is 22.3 Å². The number of hydrogen-bond donors (Lipinski definition) is 1. The van der Waals surface area contributed by atoms with Crippen LogP contribution in [0.2, 0.25) is 20.1 Å². The number of rotatable bonds is 9. The first kappa shape index (κ1) is 29.9. The van der Waals surface area contributed by atoms with Gasteiger partial charge in [-0.2, -0.15) is 5.10 Å². The lowest BCUT2D eigenvalue weighted by Crippen LogP contribution is -2.24. The lowest BCUT2D eigenvalue weighted by Gasteiger charge is -2.11. The van der Waals surface area contributed by atoms with Crippen LogP contribution in [-0.4, -0.2) is 30.7 Å². The molecule has 0 atom stereocenters. The fourth-order valence-corrected chi connectivity index (χ4v) is 3.81. The van der Waals surface area contributed by atoms with Crippen molar-refractivity contribution in [1.29, 1.82) is 0 Å². The van der Waals surface area contributed by atoms with E-state index in [0.717, 1.165) is 0 Å². The van der Waals surface area contributed by atoms with Crippen molar-refractivity contribution in [1.82, 2.24) is 5.43 Å². The van der Waals surface area contributed by atoms with Crippen LogP contribution in [-0.2, 0) is 4.79 Å². The van der Waals surface area contributed by atoms with Crippen molar-refractivity contribution in [3.63, 3.8) is 0 Å². The Bertz CT molecular complexity index is 1610. The minimum Gasteiger partial charge on any atom is -0.482 e. The molecule has 41 heavy (non-hydrogen) atoms. The van der Waals surface area contributed by atoms with E-state index in [1.807, 2.05) is 0 Å². The topological polar surface area (TPSA) is 103 Å². The van der Waals surface area contributed by atoms with Gasteiger partial charge in [-0.15, -0.1) is 0 Å². The van der Waals surface area contributed by atoms with Gasteiger partial charge < -0.3 is 14.2 Å². The largest absolute Gasteiger partial charge is 0.482 e. The Kier molecular flexibility index (Phi) is 10.2. The Balaban J connectivity index is 1.49. The average molecular weight is 632 g/mol. The van der Waals surface area contributed by atoms with Gasteiger partial charge in [0, 0.05) is 21.7 Å². The zero-order valence-corrected chi connectivity index (χ0v) is 23.8. The summed E-state index contributed by atoms with van der Waals surface area (Å²) in [5.41, 5.74) is 3.09. The van der Waals surface area contributed by atoms with Crippen molar-refractivity contribution in [2.24, 2.45) is 5.10 Å². The van der Waals surface area contributed by atoms with Crippen LogP contribution in [0.1, 0.15) is 26.3 Å². The summed E-state index contributed by atoms with van der Waals surface area (Å²) in [6, 6.07) is 21.3. The summed E-state index contributed by atoms with van der Waals surface area (Å²) in [6.07, 6.45) is 1.25. The molecule has 12 heteroatoms. The molecule has 0 radical (unpaired) electrons. The minimum absolute atomic E-state index is 0.00585. The number of amides is 1. The van der Waals surface area contributed by atoms with Crippen molar-refractivity contribution in [2.45, 2.75) is 0 Å². The molecule has 0 heterocycles. The van der Waals surface area contributed by atoms with Crippen LogP contribution in [0.5, 0.6) is 17.2 Å². The van der Waals surface area contributed by atoms with E-state index in [9.17, 15) is 14.4 Å². The summed E-state index contributed by atoms with van der Waals surface area (Å²) in [5.74, 6) is -1.61. The summed E-state index contributed by atoms with van der Waals surface area (Å²) in [5, 5.41) is 5.27. The van der Waals surface area contributed by atoms with E-state index in [2.05, 4.69) is 10.5 Å². The second kappa shape index (κ2) is 14.0. The molecule has 0 saturated heterocycles. The van der Waals surface area contributed by atoms with E-state index in [0.29, 0.717) is 10.0 Å². The molecule has 1 N–H and O–H groups in total. The van der Waals surface area contributed by atoms with Crippen molar-refractivity contribution in [2.75, 3.05) is 6.61 Å². The van der Waals surface area contributed by atoms with Gasteiger partial charge in [0.2, 0.25) is 0 Å². The summed E-state index contributed by atoms with van der Waals surface area (Å²) < 4.78 is 16.4. The highest BCUT2D eigenvalue weighted by Gasteiger charge is 2.15. The zero-order valence-electron chi connectivity index (χ0n) is 20.8. The number of ether oxygens (including phenoxy) is 3. The average Bonchev–Trinajstić information content (AvgIpc) is 2.95.